The molecule has 0 aliphatic heterocycles. The first-order chi connectivity index (χ1) is 7.70. The van der Waals surface area contributed by atoms with E-state index in [1.807, 2.05) is 26.0 Å². The number of hydrogen-bond donors (Lipinski definition) is 1. The van der Waals surface area contributed by atoms with Crippen LogP contribution in [0.4, 0.5) is 0 Å². The van der Waals surface area contributed by atoms with Crippen molar-refractivity contribution in [3.8, 4) is 11.5 Å². The monoisotopic (exact) mass is 220 g/mol. The van der Waals surface area contributed by atoms with Gasteiger partial charge in [-0.05, 0) is 32.5 Å². The summed E-state index contributed by atoms with van der Waals surface area (Å²) in [6, 6.07) is 3.91. The maximum atomic E-state index is 5.63. The van der Waals surface area contributed by atoms with E-state index in [-0.39, 0.29) is 6.04 Å². The Morgan fingerprint density at radius 1 is 1.31 bits per heavy atom. The van der Waals surface area contributed by atoms with Gasteiger partial charge in [0.05, 0.1) is 12.2 Å². The second-order valence-electron chi connectivity index (χ2n) is 3.75. The number of nitrogens with one attached hydrogen (secondary N) is 1. The van der Waals surface area contributed by atoms with Gasteiger partial charge in [-0.25, -0.2) is 4.98 Å². The van der Waals surface area contributed by atoms with Crippen LogP contribution in [-0.2, 0) is 0 Å². The molecule has 1 atom stereocenters. The Hall–Kier alpha value is -1.55. The summed E-state index contributed by atoms with van der Waals surface area (Å²) in [6.07, 6.45) is 1.70. The van der Waals surface area contributed by atoms with Crippen molar-refractivity contribution >= 4 is 0 Å². The normalized spacial score (nSPS) is 12.9. The van der Waals surface area contributed by atoms with Crippen molar-refractivity contribution in [1.29, 1.82) is 0 Å². The van der Waals surface area contributed by atoms with Gasteiger partial charge in [0.1, 0.15) is 5.76 Å². The van der Waals surface area contributed by atoms with Crippen LogP contribution in [0.25, 0.3) is 11.5 Å². The smallest absolute Gasteiger partial charge is 0.211 e. The van der Waals surface area contributed by atoms with Crippen molar-refractivity contribution in [2.75, 3.05) is 6.54 Å². The molecule has 2 heterocycles. The molecule has 2 aromatic rings. The standard InChI is InChI=1S/C12H16N2O2/c1-4-13-9(3)12-14-7-11(16-12)10-6-5-8(2)15-10/h5-7,9,13H,4H2,1-3H3. The maximum Gasteiger partial charge on any atom is 0.211 e. The summed E-state index contributed by atoms with van der Waals surface area (Å²) in [6.45, 7) is 6.86. The molecule has 1 unspecified atom stereocenters. The molecule has 0 spiro atoms. The Bertz CT molecular complexity index is 459. The van der Waals surface area contributed by atoms with Crippen molar-refractivity contribution in [3.63, 3.8) is 0 Å². The molecule has 0 amide bonds. The zero-order chi connectivity index (χ0) is 11.5. The Morgan fingerprint density at radius 2 is 2.12 bits per heavy atom. The van der Waals surface area contributed by atoms with Crippen molar-refractivity contribution in [2.24, 2.45) is 0 Å². The first-order valence-electron chi connectivity index (χ1n) is 5.46. The largest absolute Gasteiger partial charge is 0.458 e. The average molecular weight is 220 g/mol. The van der Waals surface area contributed by atoms with E-state index in [4.69, 9.17) is 8.83 Å². The van der Waals surface area contributed by atoms with E-state index in [2.05, 4.69) is 17.2 Å². The lowest BCUT2D eigenvalue weighted by molar-refractivity contribution is 0.419. The first-order valence-corrected chi connectivity index (χ1v) is 5.46. The predicted molar refractivity (Wildman–Crippen MR) is 61.0 cm³/mol. The molecule has 0 fully saturated rings. The van der Waals surface area contributed by atoms with Crippen LogP contribution >= 0.6 is 0 Å². The van der Waals surface area contributed by atoms with Gasteiger partial charge >= 0.3 is 0 Å². The Labute approximate surface area is 94.7 Å². The molecule has 86 valence electrons. The van der Waals surface area contributed by atoms with Gasteiger partial charge in [-0.15, -0.1) is 0 Å². The van der Waals surface area contributed by atoms with Crippen LogP contribution in [0.1, 0.15) is 31.5 Å². The molecule has 0 aliphatic rings. The van der Waals surface area contributed by atoms with Crippen molar-refractivity contribution in [2.45, 2.75) is 26.8 Å². The first kappa shape index (κ1) is 11.0. The third kappa shape index (κ3) is 2.17. The number of aromatic nitrogens is 1. The minimum atomic E-state index is 0.120. The second kappa shape index (κ2) is 4.53. The molecular formula is C12H16N2O2. The van der Waals surface area contributed by atoms with E-state index < -0.39 is 0 Å². The van der Waals surface area contributed by atoms with Gasteiger partial charge in [0, 0.05) is 0 Å². The lowest BCUT2D eigenvalue weighted by Crippen LogP contribution is -2.17. The number of nitrogens with zero attached hydrogens (tertiary/aromatic N) is 1. The number of aryl methyl sites for hydroxylation is 1. The fourth-order valence-corrected chi connectivity index (χ4v) is 1.56. The van der Waals surface area contributed by atoms with Crippen LogP contribution in [0.15, 0.2) is 27.2 Å². The van der Waals surface area contributed by atoms with Gasteiger partial charge in [0.2, 0.25) is 5.89 Å². The second-order valence-corrected chi connectivity index (χ2v) is 3.75. The molecule has 16 heavy (non-hydrogen) atoms. The summed E-state index contributed by atoms with van der Waals surface area (Å²) in [7, 11) is 0. The quantitative estimate of drug-likeness (QED) is 0.860. The molecule has 0 saturated heterocycles. The summed E-state index contributed by atoms with van der Waals surface area (Å²) in [4.78, 5) is 4.23. The van der Waals surface area contributed by atoms with Crippen LogP contribution in [0.5, 0.6) is 0 Å². The van der Waals surface area contributed by atoms with E-state index >= 15 is 0 Å². The van der Waals surface area contributed by atoms with Gasteiger partial charge in [0.15, 0.2) is 11.5 Å². The van der Waals surface area contributed by atoms with Crippen LogP contribution in [0, 0.1) is 6.92 Å². The minimum absolute atomic E-state index is 0.120. The zero-order valence-electron chi connectivity index (χ0n) is 9.78. The van der Waals surface area contributed by atoms with E-state index in [1.165, 1.54) is 0 Å². The summed E-state index contributed by atoms with van der Waals surface area (Å²) in [5.41, 5.74) is 0. The number of hydrogen-bond acceptors (Lipinski definition) is 4. The van der Waals surface area contributed by atoms with Gasteiger partial charge in [0.25, 0.3) is 0 Å². The Kier molecular flexibility index (Phi) is 3.10. The highest BCUT2D eigenvalue weighted by atomic mass is 16.4. The topological polar surface area (TPSA) is 51.2 Å². The highest BCUT2D eigenvalue weighted by Crippen LogP contribution is 2.24. The van der Waals surface area contributed by atoms with Crippen LogP contribution in [0.2, 0.25) is 0 Å². The molecule has 2 rings (SSSR count). The Balaban J connectivity index is 2.19. The average Bonchev–Trinajstić information content (AvgIpc) is 2.85. The van der Waals surface area contributed by atoms with Crippen molar-refractivity contribution in [1.82, 2.24) is 10.3 Å². The third-order valence-electron chi connectivity index (χ3n) is 2.39. The summed E-state index contributed by atoms with van der Waals surface area (Å²) >= 11 is 0. The van der Waals surface area contributed by atoms with E-state index in [9.17, 15) is 0 Å². The molecule has 2 aromatic heterocycles. The molecule has 1 N–H and O–H groups in total. The lowest BCUT2D eigenvalue weighted by Gasteiger charge is -2.06. The zero-order valence-corrected chi connectivity index (χ0v) is 9.78. The summed E-state index contributed by atoms with van der Waals surface area (Å²) in [5.74, 6) is 2.95. The number of oxazole rings is 1. The van der Waals surface area contributed by atoms with Crippen LogP contribution in [-0.4, -0.2) is 11.5 Å². The van der Waals surface area contributed by atoms with Gasteiger partial charge in [-0.2, -0.15) is 0 Å². The van der Waals surface area contributed by atoms with Gasteiger partial charge in [-0.1, -0.05) is 6.92 Å². The highest BCUT2D eigenvalue weighted by molar-refractivity contribution is 5.48. The molecule has 4 nitrogen and oxygen atoms in total. The summed E-state index contributed by atoms with van der Waals surface area (Å²) in [5, 5.41) is 3.24. The third-order valence-corrected chi connectivity index (χ3v) is 2.39. The van der Waals surface area contributed by atoms with E-state index in [1.54, 1.807) is 6.20 Å². The van der Waals surface area contributed by atoms with Crippen LogP contribution < -0.4 is 5.32 Å². The lowest BCUT2D eigenvalue weighted by atomic mass is 10.3. The molecular weight excluding hydrogens is 204 g/mol. The SMILES string of the molecule is CCNC(C)c1ncc(-c2ccc(C)o2)o1. The van der Waals surface area contributed by atoms with Crippen LogP contribution in [0.3, 0.4) is 0 Å². The molecule has 0 aliphatic carbocycles. The molecule has 0 aromatic carbocycles. The molecule has 0 bridgehead atoms. The van der Waals surface area contributed by atoms with Crippen molar-refractivity contribution in [3.05, 3.63) is 30.0 Å². The summed E-state index contributed by atoms with van der Waals surface area (Å²) < 4.78 is 11.1. The van der Waals surface area contributed by atoms with E-state index in [0.717, 1.165) is 18.1 Å². The molecule has 0 saturated carbocycles. The fourth-order valence-electron chi connectivity index (χ4n) is 1.56. The Morgan fingerprint density at radius 3 is 2.75 bits per heavy atom. The molecule has 0 radical (unpaired) electrons. The maximum absolute atomic E-state index is 5.63. The van der Waals surface area contributed by atoms with Gasteiger partial charge < -0.3 is 14.2 Å². The predicted octanol–water partition coefficient (Wildman–Crippen LogP) is 2.91. The highest BCUT2D eigenvalue weighted by Gasteiger charge is 2.13. The number of furan rings is 1. The van der Waals surface area contributed by atoms with Crippen molar-refractivity contribution < 1.29 is 8.83 Å². The minimum Gasteiger partial charge on any atom is -0.458 e. The van der Waals surface area contributed by atoms with E-state index in [0.29, 0.717) is 11.7 Å². The number of rotatable bonds is 4. The van der Waals surface area contributed by atoms with Gasteiger partial charge in [-0.3, -0.25) is 0 Å². The fraction of sp³-hybridized carbons (Fsp3) is 0.417. The molecule has 4 heteroatoms.